The predicted molar refractivity (Wildman–Crippen MR) is 101 cm³/mol. The van der Waals surface area contributed by atoms with Gasteiger partial charge in [0.2, 0.25) is 0 Å². The number of aromatic nitrogens is 3. The van der Waals surface area contributed by atoms with Crippen molar-refractivity contribution in [3.8, 4) is 17.4 Å². The first-order chi connectivity index (χ1) is 13.5. The van der Waals surface area contributed by atoms with Crippen molar-refractivity contribution in [2.75, 3.05) is 12.3 Å². The summed E-state index contributed by atoms with van der Waals surface area (Å²) in [7, 11) is 0. The third kappa shape index (κ3) is 2.87. The van der Waals surface area contributed by atoms with Crippen LogP contribution in [0.4, 0.5) is 5.82 Å². The molecule has 28 heavy (non-hydrogen) atoms. The summed E-state index contributed by atoms with van der Waals surface area (Å²) in [5.74, 6) is 1.29. The molecular formula is C20H18N6O2. The van der Waals surface area contributed by atoms with Crippen LogP contribution in [0.2, 0.25) is 0 Å². The summed E-state index contributed by atoms with van der Waals surface area (Å²) in [5, 5.41) is 9.68. The molecule has 0 unspecified atom stereocenters. The third-order valence-electron chi connectivity index (χ3n) is 4.97. The second kappa shape index (κ2) is 6.78. The predicted octanol–water partition coefficient (Wildman–Crippen LogP) is 2.40. The lowest BCUT2D eigenvalue weighted by Gasteiger charge is -2.29. The van der Waals surface area contributed by atoms with Crippen molar-refractivity contribution in [3.05, 3.63) is 58.5 Å². The molecular weight excluding hydrogens is 356 g/mol. The van der Waals surface area contributed by atoms with Crippen LogP contribution in [-0.4, -0.2) is 32.3 Å². The van der Waals surface area contributed by atoms with Gasteiger partial charge in [0, 0.05) is 43.0 Å². The third-order valence-corrected chi connectivity index (χ3v) is 4.97. The largest absolute Gasteiger partial charge is 0.461 e. The van der Waals surface area contributed by atoms with Crippen molar-refractivity contribution in [2.45, 2.75) is 26.8 Å². The monoisotopic (exact) mass is 374 g/mol. The SMILES string of the molecule is Cc1cc(-c2c(C#N)c(N)nc3c2CN(C(=O)c2cnccn2)CC3)oc1C. The van der Waals surface area contributed by atoms with Crippen LogP contribution in [0.3, 0.4) is 0 Å². The van der Waals surface area contributed by atoms with Gasteiger partial charge in [0.25, 0.3) is 5.91 Å². The number of carbonyl (C=O) groups is 1. The highest BCUT2D eigenvalue weighted by Crippen LogP contribution is 2.37. The number of aryl methyl sites for hydroxylation is 2. The number of fused-ring (bicyclic) bond motifs is 1. The van der Waals surface area contributed by atoms with E-state index in [1.807, 2.05) is 19.9 Å². The van der Waals surface area contributed by atoms with Crippen molar-refractivity contribution >= 4 is 11.7 Å². The number of hydrogen-bond acceptors (Lipinski definition) is 7. The maximum atomic E-state index is 12.8. The molecule has 0 bridgehead atoms. The highest BCUT2D eigenvalue weighted by molar-refractivity contribution is 5.92. The second-order valence-corrected chi connectivity index (χ2v) is 6.70. The van der Waals surface area contributed by atoms with Gasteiger partial charge in [0.15, 0.2) is 0 Å². The Hall–Kier alpha value is -3.73. The lowest BCUT2D eigenvalue weighted by atomic mass is 9.94. The van der Waals surface area contributed by atoms with E-state index in [1.54, 1.807) is 4.90 Å². The van der Waals surface area contributed by atoms with Crippen LogP contribution in [0, 0.1) is 25.2 Å². The molecule has 0 saturated carbocycles. The number of nitriles is 1. The minimum absolute atomic E-state index is 0.177. The van der Waals surface area contributed by atoms with Gasteiger partial charge in [-0.05, 0) is 25.5 Å². The number of carbonyl (C=O) groups excluding carboxylic acids is 1. The zero-order valence-corrected chi connectivity index (χ0v) is 15.6. The molecule has 0 fully saturated rings. The molecule has 1 aliphatic rings. The Kier molecular flexibility index (Phi) is 4.28. The van der Waals surface area contributed by atoms with Crippen LogP contribution >= 0.6 is 0 Å². The molecule has 8 nitrogen and oxygen atoms in total. The van der Waals surface area contributed by atoms with Crippen LogP contribution in [-0.2, 0) is 13.0 Å². The van der Waals surface area contributed by atoms with Crippen molar-refractivity contribution in [1.29, 1.82) is 5.26 Å². The Bertz CT molecular complexity index is 1090. The normalized spacial score (nSPS) is 13.1. The van der Waals surface area contributed by atoms with Crippen molar-refractivity contribution in [3.63, 3.8) is 0 Å². The fraction of sp³-hybridized carbons (Fsp3) is 0.250. The average Bonchev–Trinajstić information content (AvgIpc) is 3.04. The van der Waals surface area contributed by atoms with Crippen LogP contribution in [0.25, 0.3) is 11.3 Å². The van der Waals surface area contributed by atoms with Gasteiger partial charge in [-0.2, -0.15) is 5.26 Å². The Balaban J connectivity index is 1.82. The first-order valence-corrected chi connectivity index (χ1v) is 8.83. The summed E-state index contributed by atoms with van der Waals surface area (Å²) in [6.07, 6.45) is 4.98. The zero-order chi connectivity index (χ0) is 19.8. The van der Waals surface area contributed by atoms with Crippen molar-refractivity contribution in [1.82, 2.24) is 19.9 Å². The molecule has 140 valence electrons. The lowest BCUT2D eigenvalue weighted by molar-refractivity contribution is 0.0727. The van der Waals surface area contributed by atoms with E-state index in [4.69, 9.17) is 10.2 Å². The number of pyridine rings is 1. The Morgan fingerprint density at radius 2 is 2.18 bits per heavy atom. The topological polar surface area (TPSA) is 122 Å². The molecule has 3 aromatic heterocycles. The summed E-state index contributed by atoms with van der Waals surface area (Å²) in [6, 6.07) is 4.03. The number of nitrogen functional groups attached to an aromatic ring is 1. The van der Waals surface area contributed by atoms with Crippen molar-refractivity contribution < 1.29 is 9.21 Å². The molecule has 0 spiro atoms. The summed E-state index contributed by atoms with van der Waals surface area (Å²) in [5.41, 5.74) is 9.74. The van der Waals surface area contributed by atoms with E-state index in [-0.39, 0.29) is 23.0 Å². The van der Waals surface area contributed by atoms with Gasteiger partial charge < -0.3 is 15.1 Å². The first-order valence-electron chi connectivity index (χ1n) is 8.83. The van der Waals surface area contributed by atoms with Gasteiger partial charge in [-0.1, -0.05) is 0 Å². The van der Waals surface area contributed by atoms with Crippen LogP contribution in [0.15, 0.2) is 29.1 Å². The summed E-state index contributed by atoms with van der Waals surface area (Å²) in [6.45, 7) is 4.58. The molecule has 2 N–H and O–H groups in total. The van der Waals surface area contributed by atoms with Crippen molar-refractivity contribution in [2.24, 2.45) is 0 Å². The molecule has 0 aromatic carbocycles. The van der Waals surface area contributed by atoms with Gasteiger partial charge >= 0.3 is 0 Å². The van der Waals surface area contributed by atoms with Crippen LogP contribution < -0.4 is 5.73 Å². The Morgan fingerprint density at radius 3 is 2.82 bits per heavy atom. The molecule has 0 atom stereocenters. The van der Waals surface area contributed by atoms with E-state index in [0.29, 0.717) is 30.8 Å². The zero-order valence-electron chi connectivity index (χ0n) is 15.6. The molecule has 1 aliphatic heterocycles. The number of anilines is 1. The molecule has 4 rings (SSSR count). The quantitative estimate of drug-likeness (QED) is 0.731. The number of hydrogen-bond donors (Lipinski definition) is 1. The molecule has 0 aliphatic carbocycles. The van der Waals surface area contributed by atoms with E-state index in [9.17, 15) is 10.1 Å². The van der Waals surface area contributed by atoms with E-state index in [0.717, 1.165) is 22.6 Å². The van der Waals surface area contributed by atoms with Crippen LogP contribution in [0.1, 0.15) is 38.6 Å². The van der Waals surface area contributed by atoms with Gasteiger partial charge in [0.05, 0.1) is 11.9 Å². The number of nitrogens with zero attached hydrogens (tertiary/aromatic N) is 5. The van der Waals surface area contributed by atoms with Crippen LogP contribution in [0.5, 0.6) is 0 Å². The van der Waals surface area contributed by atoms with E-state index in [1.165, 1.54) is 18.6 Å². The van der Waals surface area contributed by atoms with Gasteiger partial charge in [-0.25, -0.2) is 9.97 Å². The Labute approximate surface area is 161 Å². The van der Waals surface area contributed by atoms with E-state index < -0.39 is 0 Å². The molecule has 0 radical (unpaired) electrons. The molecule has 3 aromatic rings. The molecule has 0 saturated heterocycles. The smallest absolute Gasteiger partial charge is 0.274 e. The molecule has 4 heterocycles. The van der Waals surface area contributed by atoms with E-state index >= 15 is 0 Å². The number of rotatable bonds is 2. The first kappa shape index (κ1) is 17.7. The fourth-order valence-corrected chi connectivity index (χ4v) is 3.41. The maximum absolute atomic E-state index is 12.8. The Morgan fingerprint density at radius 1 is 1.36 bits per heavy atom. The molecule has 8 heteroatoms. The summed E-state index contributed by atoms with van der Waals surface area (Å²) >= 11 is 0. The minimum Gasteiger partial charge on any atom is -0.461 e. The summed E-state index contributed by atoms with van der Waals surface area (Å²) in [4.78, 5) is 27.0. The van der Waals surface area contributed by atoms with Gasteiger partial charge in [-0.15, -0.1) is 0 Å². The van der Waals surface area contributed by atoms with E-state index in [2.05, 4.69) is 21.0 Å². The van der Waals surface area contributed by atoms with Gasteiger partial charge in [0.1, 0.15) is 34.7 Å². The van der Waals surface area contributed by atoms with Gasteiger partial charge in [-0.3, -0.25) is 9.78 Å². The molecule has 1 amide bonds. The number of furan rings is 1. The number of nitrogens with two attached hydrogens (primary N) is 1. The maximum Gasteiger partial charge on any atom is 0.274 e. The minimum atomic E-state index is -0.216. The standard InChI is InChI=1S/C20H18N6O2/c1-11-7-17(28-12(11)2)18-13(8-21)19(22)25-15-3-6-26(10-14(15)18)20(27)16-9-23-4-5-24-16/h4-5,7,9H,3,6,10H2,1-2H3,(H2,22,25). The average molecular weight is 374 g/mol. The lowest BCUT2D eigenvalue weighted by Crippen LogP contribution is -2.37. The second-order valence-electron chi connectivity index (χ2n) is 6.70. The fourth-order valence-electron chi connectivity index (χ4n) is 3.41. The highest BCUT2D eigenvalue weighted by atomic mass is 16.3. The summed E-state index contributed by atoms with van der Waals surface area (Å²) < 4.78 is 5.88. The highest BCUT2D eigenvalue weighted by Gasteiger charge is 2.29. The number of amides is 1.